The Kier molecular flexibility index (Phi) is 4.32. The number of nitrogens with two attached hydrogens (primary N) is 1. The van der Waals surface area contributed by atoms with E-state index < -0.39 is 0 Å². The molecule has 2 heterocycles. The summed E-state index contributed by atoms with van der Waals surface area (Å²) in [6.45, 7) is 12.4. The van der Waals surface area contributed by atoms with E-state index in [0.717, 1.165) is 50.6 Å². The van der Waals surface area contributed by atoms with Gasteiger partial charge in [0, 0.05) is 44.7 Å². The standard InChI is InChI=1S/C18H26N4/c1-13-10-15(3)18-16(11-13)14(2)12-17(20-18)22-8-6-21(5-4-19)7-9-22/h10-12H,4-9,19H2,1-3H3. The second-order valence-corrected chi connectivity index (χ2v) is 6.39. The first-order valence-corrected chi connectivity index (χ1v) is 8.14. The summed E-state index contributed by atoms with van der Waals surface area (Å²) in [6.07, 6.45) is 0. The SMILES string of the molecule is Cc1cc(C)c2nc(N3CCN(CCN)CC3)cc(C)c2c1. The van der Waals surface area contributed by atoms with Gasteiger partial charge in [-0.3, -0.25) is 4.90 Å². The number of rotatable bonds is 3. The first-order valence-electron chi connectivity index (χ1n) is 8.14. The van der Waals surface area contributed by atoms with Gasteiger partial charge in [-0.1, -0.05) is 11.6 Å². The fourth-order valence-corrected chi connectivity index (χ4v) is 3.37. The van der Waals surface area contributed by atoms with Gasteiger partial charge in [-0.25, -0.2) is 4.98 Å². The van der Waals surface area contributed by atoms with Crippen LogP contribution in [0.15, 0.2) is 18.2 Å². The molecule has 118 valence electrons. The van der Waals surface area contributed by atoms with Crippen molar-refractivity contribution >= 4 is 16.7 Å². The normalized spacial score (nSPS) is 16.5. The monoisotopic (exact) mass is 298 g/mol. The minimum atomic E-state index is 0.742. The third kappa shape index (κ3) is 2.94. The van der Waals surface area contributed by atoms with Crippen molar-refractivity contribution in [3.63, 3.8) is 0 Å². The molecule has 0 saturated carbocycles. The lowest BCUT2D eigenvalue weighted by Gasteiger charge is -2.35. The van der Waals surface area contributed by atoms with Gasteiger partial charge < -0.3 is 10.6 Å². The van der Waals surface area contributed by atoms with Crippen LogP contribution >= 0.6 is 0 Å². The lowest BCUT2D eigenvalue weighted by Crippen LogP contribution is -2.48. The summed E-state index contributed by atoms with van der Waals surface area (Å²) in [5.74, 6) is 1.12. The van der Waals surface area contributed by atoms with Crippen LogP contribution in [0.2, 0.25) is 0 Å². The number of anilines is 1. The van der Waals surface area contributed by atoms with Gasteiger partial charge in [-0.2, -0.15) is 0 Å². The topological polar surface area (TPSA) is 45.4 Å². The number of hydrogen-bond donors (Lipinski definition) is 1. The predicted octanol–water partition coefficient (Wildman–Crippen LogP) is 2.24. The quantitative estimate of drug-likeness (QED) is 0.944. The van der Waals surface area contributed by atoms with Gasteiger partial charge in [0.25, 0.3) is 0 Å². The third-order valence-electron chi connectivity index (χ3n) is 4.58. The lowest BCUT2D eigenvalue weighted by molar-refractivity contribution is 0.264. The maximum atomic E-state index is 5.65. The third-order valence-corrected chi connectivity index (χ3v) is 4.58. The maximum absolute atomic E-state index is 5.65. The van der Waals surface area contributed by atoms with Crippen molar-refractivity contribution in [1.29, 1.82) is 0 Å². The maximum Gasteiger partial charge on any atom is 0.129 e. The van der Waals surface area contributed by atoms with Gasteiger partial charge in [0.05, 0.1) is 5.52 Å². The van der Waals surface area contributed by atoms with Crippen molar-refractivity contribution in [2.24, 2.45) is 5.73 Å². The van der Waals surface area contributed by atoms with E-state index in [9.17, 15) is 0 Å². The van der Waals surface area contributed by atoms with Crippen LogP contribution in [0, 0.1) is 20.8 Å². The van der Waals surface area contributed by atoms with E-state index in [1.54, 1.807) is 0 Å². The number of fused-ring (bicyclic) bond motifs is 1. The van der Waals surface area contributed by atoms with Gasteiger partial charge in [-0.05, 0) is 44.0 Å². The molecule has 2 N–H and O–H groups in total. The van der Waals surface area contributed by atoms with Crippen molar-refractivity contribution in [3.8, 4) is 0 Å². The number of hydrogen-bond acceptors (Lipinski definition) is 4. The second kappa shape index (κ2) is 6.23. The Morgan fingerprint density at radius 3 is 2.41 bits per heavy atom. The molecule has 1 aromatic carbocycles. The molecule has 0 amide bonds. The summed E-state index contributed by atoms with van der Waals surface area (Å²) in [4.78, 5) is 9.79. The molecular weight excluding hydrogens is 272 g/mol. The summed E-state index contributed by atoms with van der Waals surface area (Å²) in [5.41, 5.74) is 10.7. The predicted molar refractivity (Wildman–Crippen MR) is 93.7 cm³/mol. The summed E-state index contributed by atoms with van der Waals surface area (Å²) in [6, 6.07) is 6.70. The lowest BCUT2D eigenvalue weighted by atomic mass is 10.0. The highest BCUT2D eigenvalue weighted by atomic mass is 15.3. The van der Waals surface area contributed by atoms with Crippen LogP contribution in [-0.2, 0) is 0 Å². The fourth-order valence-electron chi connectivity index (χ4n) is 3.37. The highest BCUT2D eigenvalue weighted by molar-refractivity contribution is 5.87. The average Bonchev–Trinajstić information content (AvgIpc) is 2.49. The van der Waals surface area contributed by atoms with Crippen LogP contribution in [0.25, 0.3) is 10.9 Å². The van der Waals surface area contributed by atoms with E-state index in [1.165, 1.54) is 22.1 Å². The Bertz CT molecular complexity index is 672. The van der Waals surface area contributed by atoms with Gasteiger partial charge >= 0.3 is 0 Å². The molecule has 3 rings (SSSR count). The molecular formula is C18H26N4. The molecule has 1 aromatic heterocycles. The van der Waals surface area contributed by atoms with Crippen LogP contribution in [0.1, 0.15) is 16.7 Å². The van der Waals surface area contributed by atoms with Crippen molar-refractivity contribution in [2.45, 2.75) is 20.8 Å². The fraction of sp³-hybridized carbons (Fsp3) is 0.500. The van der Waals surface area contributed by atoms with Gasteiger partial charge in [0.2, 0.25) is 0 Å². The number of nitrogens with zero attached hydrogens (tertiary/aromatic N) is 3. The zero-order valence-corrected chi connectivity index (χ0v) is 13.9. The van der Waals surface area contributed by atoms with Crippen molar-refractivity contribution in [3.05, 3.63) is 34.9 Å². The second-order valence-electron chi connectivity index (χ2n) is 6.39. The summed E-state index contributed by atoms with van der Waals surface area (Å²) < 4.78 is 0. The summed E-state index contributed by atoms with van der Waals surface area (Å²) in [7, 11) is 0. The van der Waals surface area contributed by atoms with Gasteiger partial charge in [0.15, 0.2) is 0 Å². The zero-order chi connectivity index (χ0) is 15.7. The number of aryl methyl sites for hydroxylation is 3. The van der Waals surface area contributed by atoms with E-state index in [-0.39, 0.29) is 0 Å². The summed E-state index contributed by atoms with van der Waals surface area (Å²) in [5, 5.41) is 1.28. The Balaban J connectivity index is 1.89. The minimum absolute atomic E-state index is 0.742. The van der Waals surface area contributed by atoms with Crippen LogP contribution < -0.4 is 10.6 Å². The summed E-state index contributed by atoms with van der Waals surface area (Å²) >= 11 is 0. The van der Waals surface area contributed by atoms with Crippen LogP contribution in [0.4, 0.5) is 5.82 Å². The van der Waals surface area contributed by atoms with Crippen LogP contribution in [0.3, 0.4) is 0 Å². The molecule has 0 atom stereocenters. The van der Waals surface area contributed by atoms with Crippen molar-refractivity contribution in [2.75, 3.05) is 44.2 Å². The van der Waals surface area contributed by atoms with E-state index in [2.05, 4.69) is 48.8 Å². The van der Waals surface area contributed by atoms with Gasteiger partial charge in [0.1, 0.15) is 5.82 Å². The zero-order valence-electron chi connectivity index (χ0n) is 13.9. The van der Waals surface area contributed by atoms with Gasteiger partial charge in [-0.15, -0.1) is 0 Å². The first-order chi connectivity index (χ1) is 10.6. The molecule has 4 heteroatoms. The molecule has 0 bridgehead atoms. The minimum Gasteiger partial charge on any atom is -0.354 e. The number of piperazine rings is 1. The average molecular weight is 298 g/mol. The first kappa shape index (κ1) is 15.3. The molecule has 4 nitrogen and oxygen atoms in total. The molecule has 2 aromatic rings. The molecule has 1 aliphatic rings. The molecule has 1 fully saturated rings. The highest BCUT2D eigenvalue weighted by Crippen LogP contribution is 2.26. The molecule has 1 aliphatic heterocycles. The molecule has 0 aliphatic carbocycles. The molecule has 22 heavy (non-hydrogen) atoms. The van der Waals surface area contributed by atoms with E-state index in [4.69, 9.17) is 10.7 Å². The van der Waals surface area contributed by atoms with Crippen molar-refractivity contribution < 1.29 is 0 Å². The van der Waals surface area contributed by atoms with Crippen LogP contribution in [0.5, 0.6) is 0 Å². The Morgan fingerprint density at radius 2 is 1.73 bits per heavy atom. The Hall–Kier alpha value is -1.65. The highest BCUT2D eigenvalue weighted by Gasteiger charge is 2.18. The Morgan fingerprint density at radius 1 is 1.00 bits per heavy atom. The largest absolute Gasteiger partial charge is 0.354 e. The molecule has 0 unspecified atom stereocenters. The molecule has 1 saturated heterocycles. The number of pyridine rings is 1. The molecule has 0 radical (unpaired) electrons. The van der Waals surface area contributed by atoms with E-state index in [0.29, 0.717) is 0 Å². The van der Waals surface area contributed by atoms with E-state index >= 15 is 0 Å². The van der Waals surface area contributed by atoms with E-state index in [1.807, 2.05) is 0 Å². The molecule has 0 spiro atoms. The Labute approximate surface area is 132 Å². The van der Waals surface area contributed by atoms with Crippen molar-refractivity contribution in [1.82, 2.24) is 9.88 Å². The number of benzene rings is 1. The van der Waals surface area contributed by atoms with Crippen LogP contribution in [-0.4, -0.2) is 49.2 Å². The smallest absolute Gasteiger partial charge is 0.129 e. The number of aromatic nitrogens is 1.